The molecule has 0 bridgehead atoms. The highest BCUT2D eigenvalue weighted by Crippen LogP contribution is 2.05. The molecule has 0 amide bonds. The molecule has 0 saturated heterocycles. The second-order valence-corrected chi connectivity index (χ2v) is 2.40. The number of ether oxygens (including phenoxy) is 1. The van der Waals surface area contributed by atoms with Crippen molar-refractivity contribution in [3.05, 3.63) is 35.4 Å². The maximum absolute atomic E-state index is 11.0. The maximum Gasteiger partial charge on any atom is 0.337 e. The number of hydrogen-bond donors (Lipinski definition) is 1. The fourth-order valence-electron chi connectivity index (χ4n) is 0.943. The number of nitrogens with two attached hydrogens (primary N) is 1. The van der Waals surface area contributed by atoms with Crippen molar-refractivity contribution >= 4 is 5.97 Å². The summed E-state index contributed by atoms with van der Waals surface area (Å²) in [4.78, 5) is 11.0. The lowest BCUT2D eigenvalue weighted by Gasteiger charge is -2.00. The molecule has 66 valence electrons. The van der Waals surface area contributed by atoms with Crippen LogP contribution in [-0.2, 0) is 11.3 Å². The highest BCUT2D eigenvalue weighted by molar-refractivity contribution is 5.89. The van der Waals surface area contributed by atoms with Gasteiger partial charge in [-0.2, -0.15) is 0 Å². The molecule has 1 aromatic carbocycles. The minimum Gasteiger partial charge on any atom is -0.465 e. The van der Waals surface area contributed by atoms with Crippen molar-refractivity contribution < 1.29 is 11.0 Å². The third kappa shape index (κ3) is 1.83. The quantitative estimate of drug-likeness (QED) is 0.673. The second-order valence-electron chi connectivity index (χ2n) is 2.40. The van der Waals surface area contributed by atoms with Crippen LogP contribution < -0.4 is 5.73 Å². The van der Waals surface area contributed by atoms with E-state index >= 15 is 0 Å². The van der Waals surface area contributed by atoms with Crippen molar-refractivity contribution in [2.45, 2.75) is 6.54 Å². The van der Waals surface area contributed by atoms with Gasteiger partial charge >= 0.3 is 5.97 Å². The predicted octanol–water partition coefficient (Wildman–Crippen LogP) is 1.18. The van der Waals surface area contributed by atoms with Gasteiger partial charge in [0.1, 0.15) is 0 Å². The van der Waals surface area contributed by atoms with E-state index in [1.54, 1.807) is 18.2 Å². The number of hydrogen-bond acceptors (Lipinski definition) is 3. The van der Waals surface area contributed by atoms with Crippen LogP contribution in [0.5, 0.6) is 0 Å². The zero-order valence-electron chi connectivity index (χ0n) is 6.91. The van der Waals surface area contributed by atoms with Gasteiger partial charge in [0.15, 0.2) is 0 Å². The molecular formula is C9H13NO2. The Kier molecular flexibility index (Phi) is 2.82. The highest BCUT2D eigenvalue weighted by Gasteiger charge is 2.03. The Morgan fingerprint density at radius 1 is 1.67 bits per heavy atom. The highest BCUT2D eigenvalue weighted by atomic mass is 16.5. The summed E-state index contributed by atoms with van der Waals surface area (Å²) in [6.07, 6.45) is 0. The molecule has 0 aliphatic heterocycles. The molecule has 1 rings (SSSR count). The van der Waals surface area contributed by atoms with Gasteiger partial charge in [0.25, 0.3) is 0 Å². The average molecular weight is 167 g/mol. The van der Waals surface area contributed by atoms with Crippen LogP contribution in [-0.4, -0.2) is 13.1 Å². The van der Waals surface area contributed by atoms with Gasteiger partial charge in [-0.25, -0.2) is 4.79 Å². The summed E-state index contributed by atoms with van der Waals surface area (Å²) in [6.45, 7) is 0.435. The van der Waals surface area contributed by atoms with Crippen LogP contribution in [0.25, 0.3) is 0 Å². The predicted molar refractivity (Wildman–Crippen MR) is 47.8 cm³/mol. The molecule has 0 unspecified atom stereocenters. The Morgan fingerprint density at radius 3 is 3.00 bits per heavy atom. The van der Waals surface area contributed by atoms with Gasteiger partial charge in [0.05, 0.1) is 12.7 Å². The van der Waals surface area contributed by atoms with Gasteiger partial charge in [-0.15, -0.1) is 0 Å². The first-order valence-electron chi connectivity index (χ1n) is 3.65. The first kappa shape index (κ1) is 8.74. The Morgan fingerprint density at radius 2 is 2.42 bits per heavy atom. The topological polar surface area (TPSA) is 52.3 Å². The van der Waals surface area contributed by atoms with Crippen molar-refractivity contribution in [3.8, 4) is 0 Å². The number of methoxy groups -OCH3 is 1. The summed E-state index contributed by atoms with van der Waals surface area (Å²) in [6, 6.07) is 7.08. The van der Waals surface area contributed by atoms with Crippen LogP contribution in [0.15, 0.2) is 24.3 Å². The lowest BCUT2D eigenvalue weighted by Crippen LogP contribution is -2.03. The zero-order chi connectivity index (χ0) is 8.97. The molecular weight excluding hydrogens is 154 g/mol. The van der Waals surface area contributed by atoms with Crippen molar-refractivity contribution in [2.75, 3.05) is 7.11 Å². The van der Waals surface area contributed by atoms with Crippen LogP contribution in [0.4, 0.5) is 0 Å². The Labute approximate surface area is 72.6 Å². The van der Waals surface area contributed by atoms with Crippen LogP contribution in [0.2, 0.25) is 0 Å². The van der Waals surface area contributed by atoms with E-state index in [9.17, 15) is 4.79 Å². The summed E-state index contributed by atoms with van der Waals surface area (Å²) in [5.74, 6) is -0.328. The summed E-state index contributed by atoms with van der Waals surface area (Å²) >= 11 is 0. The number of benzene rings is 1. The molecule has 0 saturated carbocycles. The van der Waals surface area contributed by atoms with E-state index in [-0.39, 0.29) is 7.40 Å². The standard InChI is InChI=1S/C9H11NO2.H2/c1-12-9(11)8-4-2-3-7(5-8)6-10;/h2-5H,6,10H2,1H3;1H. The SMILES string of the molecule is COC(=O)c1cccc(CN)c1.[HH]. The Hall–Kier alpha value is -1.35. The minimum absolute atomic E-state index is 0. The molecule has 0 spiro atoms. The van der Waals surface area contributed by atoms with E-state index in [1.165, 1.54) is 7.11 Å². The van der Waals surface area contributed by atoms with Crippen molar-refractivity contribution in [1.29, 1.82) is 0 Å². The molecule has 2 N–H and O–H groups in total. The summed E-state index contributed by atoms with van der Waals surface area (Å²) in [5.41, 5.74) is 6.88. The summed E-state index contributed by atoms with van der Waals surface area (Å²) < 4.78 is 4.56. The van der Waals surface area contributed by atoms with E-state index < -0.39 is 0 Å². The lowest BCUT2D eigenvalue weighted by atomic mass is 10.1. The van der Waals surface area contributed by atoms with Gasteiger partial charge in [-0.3, -0.25) is 0 Å². The monoisotopic (exact) mass is 167 g/mol. The third-order valence-electron chi connectivity index (χ3n) is 1.58. The first-order chi connectivity index (χ1) is 5.77. The fourth-order valence-corrected chi connectivity index (χ4v) is 0.943. The normalized spacial score (nSPS) is 9.50. The van der Waals surface area contributed by atoms with Crippen molar-refractivity contribution in [3.63, 3.8) is 0 Å². The first-order valence-corrected chi connectivity index (χ1v) is 3.65. The smallest absolute Gasteiger partial charge is 0.337 e. The molecule has 0 aliphatic rings. The summed E-state index contributed by atoms with van der Waals surface area (Å²) in [5, 5.41) is 0. The molecule has 0 radical (unpaired) electrons. The lowest BCUT2D eigenvalue weighted by molar-refractivity contribution is 0.0600. The van der Waals surface area contributed by atoms with Crippen molar-refractivity contribution in [1.82, 2.24) is 0 Å². The van der Waals surface area contributed by atoms with Gasteiger partial charge in [-0.1, -0.05) is 12.1 Å². The number of carbonyl (C=O) groups excluding carboxylic acids is 1. The van der Waals surface area contributed by atoms with Gasteiger partial charge in [-0.05, 0) is 17.7 Å². The van der Waals surface area contributed by atoms with E-state index in [0.29, 0.717) is 12.1 Å². The third-order valence-corrected chi connectivity index (χ3v) is 1.58. The molecule has 0 atom stereocenters. The van der Waals surface area contributed by atoms with Crippen LogP contribution >= 0.6 is 0 Å². The fraction of sp³-hybridized carbons (Fsp3) is 0.222. The second kappa shape index (κ2) is 3.88. The molecule has 1 aromatic rings. The van der Waals surface area contributed by atoms with Crippen LogP contribution in [0, 0.1) is 0 Å². The molecule has 0 fully saturated rings. The average Bonchev–Trinajstić information content (AvgIpc) is 2.17. The zero-order valence-corrected chi connectivity index (χ0v) is 6.91. The Balaban J connectivity index is 0.00000144. The van der Waals surface area contributed by atoms with E-state index in [0.717, 1.165) is 5.56 Å². The molecule has 0 heterocycles. The van der Waals surface area contributed by atoms with E-state index in [4.69, 9.17) is 5.73 Å². The van der Waals surface area contributed by atoms with Crippen LogP contribution in [0.3, 0.4) is 0 Å². The van der Waals surface area contributed by atoms with Gasteiger partial charge in [0.2, 0.25) is 0 Å². The van der Waals surface area contributed by atoms with Gasteiger partial charge < -0.3 is 10.5 Å². The molecule has 0 aliphatic carbocycles. The molecule has 12 heavy (non-hydrogen) atoms. The summed E-state index contributed by atoms with van der Waals surface area (Å²) in [7, 11) is 1.36. The number of esters is 1. The van der Waals surface area contributed by atoms with E-state index in [2.05, 4.69) is 4.74 Å². The van der Waals surface area contributed by atoms with Crippen LogP contribution in [0.1, 0.15) is 17.3 Å². The van der Waals surface area contributed by atoms with Crippen molar-refractivity contribution in [2.24, 2.45) is 5.73 Å². The molecule has 3 nitrogen and oxygen atoms in total. The Bertz CT molecular complexity index is 289. The molecule has 3 heteroatoms. The van der Waals surface area contributed by atoms with Gasteiger partial charge in [0, 0.05) is 7.97 Å². The van der Waals surface area contributed by atoms with E-state index in [1.807, 2.05) is 6.07 Å². The maximum atomic E-state index is 11.0. The number of rotatable bonds is 2. The number of carbonyl (C=O) groups is 1. The minimum atomic E-state index is -0.328. The molecule has 0 aromatic heterocycles. The largest absolute Gasteiger partial charge is 0.465 e.